The Morgan fingerprint density at radius 2 is 1.21 bits per heavy atom. The van der Waals surface area contributed by atoms with E-state index >= 15 is 0 Å². The molecular weight excluding hydrogens is 340 g/mol. The molecule has 0 bridgehead atoms. The highest BCUT2D eigenvalue weighted by molar-refractivity contribution is 5.46. The maximum Gasteiger partial charge on any atom is 0.0366 e. The fourth-order valence-corrected chi connectivity index (χ4v) is 4.25. The normalized spacial score (nSPS) is 15.1. The fraction of sp³-hybridized carbons (Fsp3) is 0.308. The molecule has 1 aliphatic rings. The summed E-state index contributed by atoms with van der Waals surface area (Å²) in [5.41, 5.74) is 4.21. The average Bonchev–Trinajstić information content (AvgIpc) is 2.79. The summed E-state index contributed by atoms with van der Waals surface area (Å²) < 4.78 is 0. The number of para-hydroxylation sites is 1. The molecule has 0 atom stereocenters. The summed E-state index contributed by atoms with van der Waals surface area (Å²) >= 11 is 0. The molecule has 3 aromatic rings. The van der Waals surface area contributed by atoms with Crippen LogP contribution in [0, 0.1) is 0 Å². The van der Waals surface area contributed by atoms with Gasteiger partial charge in [0.15, 0.2) is 0 Å². The third kappa shape index (κ3) is 5.02. The monoisotopic (exact) mass is 370 g/mol. The van der Waals surface area contributed by atoms with Gasteiger partial charge in [-0.2, -0.15) is 0 Å². The zero-order valence-corrected chi connectivity index (χ0v) is 16.6. The van der Waals surface area contributed by atoms with Crippen molar-refractivity contribution in [3.63, 3.8) is 0 Å². The van der Waals surface area contributed by atoms with E-state index in [0.717, 1.165) is 32.6 Å². The number of piperidine rings is 1. The number of rotatable bonds is 7. The van der Waals surface area contributed by atoms with Crippen LogP contribution in [-0.4, -0.2) is 30.6 Å². The van der Waals surface area contributed by atoms with Gasteiger partial charge in [-0.1, -0.05) is 78.9 Å². The molecule has 0 aromatic heterocycles. The van der Waals surface area contributed by atoms with Crippen molar-refractivity contribution in [1.82, 2.24) is 4.90 Å². The van der Waals surface area contributed by atoms with Crippen LogP contribution in [0.1, 0.15) is 24.0 Å². The van der Waals surface area contributed by atoms with E-state index in [1.165, 1.54) is 29.7 Å². The van der Waals surface area contributed by atoms with E-state index in [0.29, 0.717) is 6.04 Å². The first-order valence-corrected chi connectivity index (χ1v) is 10.5. The van der Waals surface area contributed by atoms with Crippen LogP contribution in [0.15, 0.2) is 91.0 Å². The van der Waals surface area contributed by atoms with Crippen LogP contribution in [0.25, 0.3) is 0 Å². The van der Waals surface area contributed by atoms with Gasteiger partial charge in [-0.05, 0) is 42.5 Å². The summed E-state index contributed by atoms with van der Waals surface area (Å²) in [6.45, 7) is 4.45. The van der Waals surface area contributed by atoms with Crippen LogP contribution >= 0.6 is 0 Å². The lowest BCUT2D eigenvalue weighted by atomic mass is 10.0. The molecule has 1 saturated heterocycles. The molecule has 1 aliphatic heterocycles. The Kier molecular flexibility index (Phi) is 6.41. The first-order valence-electron chi connectivity index (χ1n) is 10.5. The van der Waals surface area contributed by atoms with Crippen LogP contribution in [0.4, 0.5) is 5.69 Å². The van der Waals surface area contributed by atoms with Crippen molar-refractivity contribution in [3.05, 3.63) is 102 Å². The topological polar surface area (TPSA) is 6.48 Å². The predicted molar refractivity (Wildman–Crippen MR) is 119 cm³/mol. The molecule has 0 spiro atoms. The maximum atomic E-state index is 2.71. The molecule has 0 saturated carbocycles. The second-order valence-corrected chi connectivity index (χ2v) is 7.75. The first kappa shape index (κ1) is 18.8. The van der Waals surface area contributed by atoms with E-state index in [2.05, 4.69) is 101 Å². The Hall–Kier alpha value is -2.58. The van der Waals surface area contributed by atoms with Gasteiger partial charge in [0.2, 0.25) is 0 Å². The fourth-order valence-electron chi connectivity index (χ4n) is 4.25. The van der Waals surface area contributed by atoms with Crippen LogP contribution in [0.2, 0.25) is 0 Å². The predicted octanol–water partition coefficient (Wildman–Crippen LogP) is 5.40. The summed E-state index contributed by atoms with van der Waals surface area (Å²) in [6, 6.07) is 33.3. The lowest BCUT2D eigenvalue weighted by molar-refractivity contribution is 0.162. The van der Waals surface area contributed by atoms with E-state index in [1.54, 1.807) is 0 Å². The van der Waals surface area contributed by atoms with Crippen LogP contribution in [-0.2, 0) is 13.0 Å². The number of nitrogens with zero attached hydrogens (tertiary/aromatic N) is 2. The summed E-state index contributed by atoms with van der Waals surface area (Å²) in [5, 5.41) is 0. The van der Waals surface area contributed by atoms with Crippen molar-refractivity contribution in [2.45, 2.75) is 31.8 Å². The molecule has 0 amide bonds. The van der Waals surface area contributed by atoms with Gasteiger partial charge in [-0.15, -0.1) is 0 Å². The van der Waals surface area contributed by atoms with Gasteiger partial charge in [0.05, 0.1) is 0 Å². The number of hydrogen-bond donors (Lipinski definition) is 0. The molecule has 0 N–H and O–H groups in total. The molecule has 144 valence electrons. The average molecular weight is 371 g/mol. The van der Waals surface area contributed by atoms with Crippen LogP contribution in [0.5, 0.6) is 0 Å². The minimum Gasteiger partial charge on any atom is -0.371 e. The lowest BCUT2D eigenvalue weighted by Crippen LogP contribution is -2.45. The van der Waals surface area contributed by atoms with Crippen molar-refractivity contribution in [1.29, 1.82) is 0 Å². The van der Waals surface area contributed by atoms with Gasteiger partial charge in [0, 0.05) is 37.9 Å². The molecular formula is C26H30N2. The van der Waals surface area contributed by atoms with Gasteiger partial charge in [0.25, 0.3) is 0 Å². The second kappa shape index (κ2) is 9.57. The van der Waals surface area contributed by atoms with Crippen molar-refractivity contribution in [3.8, 4) is 0 Å². The smallest absolute Gasteiger partial charge is 0.0366 e. The third-order valence-electron chi connectivity index (χ3n) is 5.86. The molecule has 28 heavy (non-hydrogen) atoms. The number of anilines is 1. The largest absolute Gasteiger partial charge is 0.371 e. The Morgan fingerprint density at radius 3 is 1.82 bits per heavy atom. The Morgan fingerprint density at radius 1 is 0.679 bits per heavy atom. The van der Waals surface area contributed by atoms with Gasteiger partial charge in [0.1, 0.15) is 0 Å². The van der Waals surface area contributed by atoms with Gasteiger partial charge in [-0.25, -0.2) is 0 Å². The zero-order valence-electron chi connectivity index (χ0n) is 16.6. The number of benzene rings is 3. The molecule has 1 heterocycles. The van der Waals surface area contributed by atoms with E-state index in [1.807, 2.05) is 0 Å². The maximum absolute atomic E-state index is 2.71. The van der Waals surface area contributed by atoms with Crippen LogP contribution < -0.4 is 4.90 Å². The lowest BCUT2D eigenvalue weighted by Gasteiger charge is -2.39. The minimum absolute atomic E-state index is 0.656. The molecule has 2 nitrogen and oxygen atoms in total. The molecule has 0 aliphatic carbocycles. The summed E-state index contributed by atoms with van der Waals surface area (Å²) in [4.78, 5) is 5.25. The summed E-state index contributed by atoms with van der Waals surface area (Å²) in [6.07, 6.45) is 3.58. The van der Waals surface area contributed by atoms with Crippen molar-refractivity contribution in [2.75, 3.05) is 24.5 Å². The zero-order chi connectivity index (χ0) is 19.0. The van der Waals surface area contributed by atoms with Crippen molar-refractivity contribution in [2.24, 2.45) is 0 Å². The van der Waals surface area contributed by atoms with Crippen LogP contribution in [0.3, 0.4) is 0 Å². The van der Waals surface area contributed by atoms with Gasteiger partial charge < -0.3 is 4.90 Å². The second-order valence-electron chi connectivity index (χ2n) is 7.75. The van der Waals surface area contributed by atoms with Gasteiger partial charge in [-0.3, -0.25) is 4.90 Å². The molecule has 0 unspecified atom stereocenters. The van der Waals surface area contributed by atoms with Crippen molar-refractivity contribution >= 4 is 5.69 Å². The molecule has 3 aromatic carbocycles. The molecule has 4 rings (SSSR count). The standard InChI is InChI=1S/C26H30N2/c1-4-10-23(11-5-1)16-19-28(22-24-12-6-2-7-13-24)26-17-20-27(21-18-26)25-14-8-3-9-15-25/h1-15,26H,16-22H2. The minimum atomic E-state index is 0.656. The van der Waals surface area contributed by atoms with Crippen molar-refractivity contribution < 1.29 is 0 Å². The van der Waals surface area contributed by atoms with E-state index in [9.17, 15) is 0 Å². The van der Waals surface area contributed by atoms with Gasteiger partial charge >= 0.3 is 0 Å². The van der Waals surface area contributed by atoms with E-state index < -0.39 is 0 Å². The Labute approximate surface area is 169 Å². The number of hydrogen-bond acceptors (Lipinski definition) is 2. The summed E-state index contributed by atoms with van der Waals surface area (Å²) in [5.74, 6) is 0. The highest BCUT2D eigenvalue weighted by Crippen LogP contribution is 2.24. The highest BCUT2D eigenvalue weighted by atomic mass is 15.2. The SMILES string of the molecule is c1ccc(CCN(Cc2ccccc2)C2CCN(c3ccccc3)CC2)cc1. The highest BCUT2D eigenvalue weighted by Gasteiger charge is 2.24. The Balaban J connectivity index is 1.41. The molecule has 1 fully saturated rings. The molecule has 2 heteroatoms. The third-order valence-corrected chi connectivity index (χ3v) is 5.86. The molecule has 0 radical (unpaired) electrons. The van der Waals surface area contributed by atoms with E-state index in [-0.39, 0.29) is 0 Å². The Bertz CT molecular complexity index is 809. The van der Waals surface area contributed by atoms with E-state index in [4.69, 9.17) is 0 Å². The summed E-state index contributed by atoms with van der Waals surface area (Å²) in [7, 11) is 0. The first-order chi connectivity index (χ1) is 13.9. The quantitative estimate of drug-likeness (QED) is 0.549.